The smallest absolute Gasteiger partial charge is 0.269 e. The fourth-order valence-corrected chi connectivity index (χ4v) is 2.80. The van der Waals surface area contributed by atoms with Crippen LogP contribution in [-0.2, 0) is 17.9 Å². The molecule has 0 aliphatic rings. The zero-order valence-corrected chi connectivity index (χ0v) is 15.2. The summed E-state index contributed by atoms with van der Waals surface area (Å²) in [5, 5.41) is 0. The van der Waals surface area contributed by atoms with Gasteiger partial charge in [-0.2, -0.15) is 0 Å². The molecule has 6 nitrogen and oxygen atoms in total. The van der Waals surface area contributed by atoms with E-state index in [1.165, 1.54) is 10.8 Å². The van der Waals surface area contributed by atoms with Crippen LogP contribution in [0.2, 0.25) is 0 Å². The van der Waals surface area contributed by atoms with E-state index in [0.717, 1.165) is 11.3 Å². The number of likely N-dealkylation sites (N-methyl/N-ethyl adjacent to an activating group) is 1. The van der Waals surface area contributed by atoms with Crippen LogP contribution < -0.4 is 10.5 Å². The van der Waals surface area contributed by atoms with E-state index < -0.39 is 0 Å². The van der Waals surface area contributed by atoms with E-state index in [0.29, 0.717) is 17.6 Å². The summed E-state index contributed by atoms with van der Waals surface area (Å²) < 4.78 is 1.47. The maximum atomic E-state index is 12.6. The molecule has 26 heavy (non-hydrogen) atoms. The van der Waals surface area contributed by atoms with Crippen LogP contribution in [0.1, 0.15) is 5.56 Å². The number of anilines is 1. The fourth-order valence-electron chi connectivity index (χ4n) is 2.80. The minimum atomic E-state index is -0.277. The summed E-state index contributed by atoms with van der Waals surface area (Å²) in [6.45, 7) is 0.485. The van der Waals surface area contributed by atoms with E-state index >= 15 is 0 Å². The molecule has 134 valence electrons. The minimum Gasteiger partial charge on any atom is -0.378 e. The molecular formula is C20H22N4O2. The zero-order chi connectivity index (χ0) is 18.7. The molecule has 0 bridgehead atoms. The van der Waals surface area contributed by atoms with Crippen LogP contribution >= 0.6 is 0 Å². The number of para-hydroxylation sites is 2. The second-order valence-corrected chi connectivity index (χ2v) is 6.48. The normalized spacial score (nSPS) is 10.7. The van der Waals surface area contributed by atoms with Crippen LogP contribution in [-0.4, -0.2) is 41.5 Å². The fraction of sp³-hybridized carbons (Fsp3) is 0.250. The van der Waals surface area contributed by atoms with Gasteiger partial charge in [-0.05, 0) is 29.8 Å². The summed E-state index contributed by atoms with van der Waals surface area (Å²) in [4.78, 5) is 32.6. The molecule has 1 amide bonds. The predicted octanol–water partition coefficient (Wildman–Crippen LogP) is 2.12. The maximum Gasteiger partial charge on any atom is 0.269 e. The Labute approximate surface area is 152 Å². The van der Waals surface area contributed by atoms with Gasteiger partial charge >= 0.3 is 0 Å². The van der Waals surface area contributed by atoms with Crippen molar-refractivity contribution in [3.8, 4) is 0 Å². The van der Waals surface area contributed by atoms with E-state index in [-0.39, 0.29) is 18.0 Å². The molecule has 6 heteroatoms. The lowest BCUT2D eigenvalue weighted by Crippen LogP contribution is -2.33. The van der Waals surface area contributed by atoms with Gasteiger partial charge in [0.05, 0.1) is 17.2 Å². The number of benzene rings is 2. The molecule has 1 heterocycles. The van der Waals surface area contributed by atoms with Gasteiger partial charge in [-0.25, -0.2) is 4.98 Å². The summed E-state index contributed by atoms with van der Waals surface area (Å²) in [6, 6.07) is 15.4. The van der Waals surface area contributed by atoms with Crippen LogP contribution in [0, 0.1) is 0 Å². The van der Waals surface area contributed by atoms with Gasteiger partial charge in [0.15, 0.2) is 0 Å². The largest absolute Gasteiger partial charge is 0.378 e. The van der Waals surface area contributed by atoms with Gasteiger partial charge in [-0.15, -0.1) is 0 Å². The average Bonchev–Trinajstić information content (AvgIpc) is 2.64. The van der Waals surface area contributed by atoms with E-state index in [9.17, 15) is 9.59 Å². The first-order valence-corrected chi connectivity index (χ1v) is 8.40. The van der Waals surface area contributed by atoms with Gasteiger partial charge in [0.2, 0.25) is 5.91 Å². The van der Waals surface area contributed by atoms with Crippen molar-refractivity contribution in [3.63, 3.8) is 0 Å². The van der Waals surface area contributed by atoms with Crippen LogP contribution in [0.4, 0.5) is 5.69 Å². The molecule has 0 atom stereocenters. The first-order valence-electron chi connectivity index (χ1n) is 8.40. The number of carbonyl (C=O) groups is 1. The number of amides is 1. The second-order valence-electron chi connectivity index (χ2n) is 6.48. The molecule has 3 aromatic rings. The van der Waals surface area contributed by atoms with E-state index in [1.807, 2.05) is 61.5 Å². The van der Waals surface area contributed by atoms with E-state index in [2.05, 4.69) is 4.98 Å². The summed E-state index contributed by atoms with van der Waals surface area (Å²) >= 11 is 0. The molecular weight excluding hydrogens is 328 g/mol. The van der Waals surface area contributed by atoms with Crippen molar-refractivity contribution in [1.82, 2.24) is 14.5 Å². The summed E-state index contributed by atoms with van der Waals surface area (Å²) in [5.74, 6) is -0.125. The van der Waals surface area contributed by atoms with Crippen molar-refractivity contribution in [2.75, 3.05) is 26.0 Å². The van der Waals surface area contributed by atoms with Crippen molar-refractivity contribution >= 4 is 22.6 Å². The highest BCUT2D eigenvalue weighted by Crippen LogP contribution is 2.14. The van der Waals surface area contributed by atoms with Crippen molar-refractivity contribution in [2.45, 2.75) is 13.1 Å². The van der Waals surface area contributed by atoms with Crippen molar-refractivity contribution in [3.05, 3.63) is 70.6 Å². The van der Waals surface area contributed by atoms with Gasteiger partial charge < -0.3 is 9.80 Å². The van der Waals surface area contributed by atoms with Gasteiger partial charge in [0, 0.05) is 33.4 Å². The molecule has 3 rings (SSSR count). The summed E-state index contributed by atoms with van der Waals surface area (Å²) in [5.41, 5.74) is 3.23. The maximum absolute atomic E-state index is 12.6. The van der Waals surface area contributed by atoms with Gasteiger partial charge in [-0.3, -0.25) is 14.2 Å². The number of nitrogens with zero attached hydrogens (tertiary/aromatic N) is 4. The average molecular weight is 350 g/mol. The predicted molar refractivity (Wildman–Crippen MR) is 103 cm³/mol. The van der Waals surface area contributed by atoms with Gasteiger partial charge in [0.1, 0.15) is 6.54 Å². The molecule has 0 saturated heterocycles. The number of carbonyl (C=O) groups excluding carboxylic acids is 1. The molecule has 2 aromatic carbocycles. The Morgan fingerprint density at radius 3 is 2.42 bits per heavy atom. The molecule has 0 aliphatic carbocycles. The second kappa shape index (κ2) is 7.39. The molecule has 0 spiro atoms. The standard InChI is InChI=1S/C20H22N4O2/c1-22(2)16-10-8-15(9-11-16)13-23(3)20(26)14-24-18-7-5-4-6-17(18)21-12-19(24)25/h4-12H,13-14H2,1-3H3. The molecule has 0 aliphatic heterocycles. The van der Waals surface area contributed by atoms with Crippen molar-refractivity contribution < 1.29 is 4.79 Å². The highest BCUT2D eigenvalue weighted by Gasteiger charge is 2.13. The van der Waals surface area contributed by atoms with E-state index in [4.69, 9.17) is 0 Å². The quantitative estimate of drug-likeness (QED) is 0.707. The highest BCUT2D eigenvalue weighted by atomic mass is 16.2. The van der Waals surface area contributed by atoms with Gasteiger partial charge in [0.25, 0.3) is 5.56 Å². The van der Waals surface area contributed by atoms with Gasteiger partial charge in [-0.1, -0.05) is 24.3 Å². The zero-order valence-electron chi connectivity index (χ0n) is 15.2. The number of rotatable bonds is 5. The third-order valence-electron chi connectivity index (χ3n) is 4.34. The molecule has 0 N–H and O–H groups in total. The van der Waals surface area contributed by atoms with E-state index in [1.54, 1.807) is 18.0 Å². The lowest BCUT2D eigenvalue weighted by Gasteiger charge is -2.19. The molecule has 0 radical (unpaired) electrons. The Balaban J connectivity index is 1.76. The summed E-state index contributed by atoms with van der Waals surface area (Å²) in [6.07, 6.45) is 1.26. The van der Waals surface area contributed by atoms with Crippen LogP contribution in [0.5, 0.6) is 0 Å². The third kappa shape index (κ3) is 3.74. The first-order chi connectivity index (χ1) is 12.5. The van der Waals surface area contributed by atoms with Crippen LogP contribution in [0.25, 0.3) is 11.0 Å². The monoisotopic (exact) mass is 350 g/mol. The van der Waals surface area contributed by atoms with Crippen LogP contribution in [0.15, 0.2) is 59.5 Å². The van der Waals surface area contributed by atoms with Crippen molar-refractivity contribution in [2.24, 2.45) is 0 Å². The Kier molecular flexibility index (Phi) is 5.02. The number of hydrogen-bond donors (Lipinski definition) is 0. The Morgan fingerprint density at radius 1 is 1.04 bits per heavy atom. The minimum absolute atomic E-state index is 0.00581. The molecule has 0 saturated carbocycles. The Bertz CT molecular complexity index is 977. The van der Waals surface area contributed by atoms with Crippen molar-refractivity contribution in [1.29, 1.82) is 0 Å². The van der Waals surface area contributed by atoms with Crippen LogP contribution in [0.3, 0.4) is 0 Å². The summed E-state index contributed by atoms with van der Waals surface area (Å²) in [7, 11) is 5.72. The molecule has 1 aromatic heterocycles. The SMILES string of the molecule is CN(Cc1ccc(N(C)C)cc1)C(=O)Cn1c(=O)cnc2ccccc21. The number of fused-ring (bicyclic) bond motifs is 1. The molecule has 0 fully saturated rings. The Morgan fingerprint density at radius 2 is 1.73 bits per heavy atom. The third-order valence-corrected chi connectivity index (χ3v) is 4.34. The first kappa shape index (κ1) is 17.7. The lowest BCUT2D eigenvalue weighted by atomic mass is 10.2. The topological polar surface area (TPSA) is 58.4 Å². The molecule has 0 unspecified atom stereocenters. The highest BCUT2D eigenvalue weighted by molar-refractivity contribution is 5.79. The lowest BCUT2D eigenvalue weighted by molar-refractivity contribution is -0.131. The Hall–Kier alpha value is -3.15. The number of hydrogen-bond acceptors (Lipinski definition) is 4. The number of aromatic nitrogens is 2.